The number of rotatable bonds is 7. The molecule has 2 aromatic heterocycles. The van der Waals surface area contributed by atoms with E-state index in [9.17, 15) is 0 Å². The van der Waals surface area contributed by atoms with Gasteiger partial charge in [-0.15, -0.1) is 0 Å². The van der Waals surface area contributed by atoms with Crippen LogP contribution in [0.1, 0.15) is 6.42 Å². The van der Waals surface area contributed by atoms with E-state index >= 15 is 0 Å². The number of hydrogen-bond acceptors (Lipinski definition) is 8. The van der Waals surface area contributed by atoms with Gasteiger partial charge in [-0.05, 0) is 25.1 Å². The van der Waals surface area contributed by atoms with Crippen LogP contribution >= 0.6 is 11.6 Å². The van der Waals surface area contributed by atoms with Crippen LogP contribution in [0.2, 0.25) is 5.15 Å². The molecule has 0 spiro atoms. The first-order chi connectivity index (χ1) is 12.2. The van der Waals surface area contributed by atoms with Crippen LogP contribution in [0.4, 0.5) is 23.0 Å². The number of hydrogen-bond donors (Lipinski definition) is 3. The molecule has 1 aliphatic rings. The molecular formula is C16H22ClN7O. The SMILES string of the molecule is Nc1c(NCCCN2CCOCC2)ncnc1Nc1cccnc1Cl. The molecule has 0 atom stereocenters. The standard InChI is InChI=1S/C16H22ClN7O/c17-14-12(3-1-4-19-14)23-16-13(18)15(21-11-22-16)20-5-2-6-24-7-9-25-10-8-24/h1,3-4,11H,2,5-10,18H2,(H2,20,21,22,23). The second-order valence-corrected chi connectivity index (χ2v) is 6.04. The minimum atomic E-state index is 0.362. The van der Waals surface area contributed by atoms with E-state index in [-0.39, 0.29) is 0 Å². The third-order valence-corrected chi connectivity index (χ3v) is 4.24. The minimum Gasteiger partial charge on any atom is -0.393 e. The largest absolute Gasteiger partial charge is 0.393 e. The van der Waals surface area contributed by atoms with E-state index in [1.165, 1.54) is 6.33 Å². The molecule has 1 aliphatic heterocycles. The van der Waals surface area contributed by atoms with Gasteiger partial charge in [-0.1, -0.05) is 11.6 Å². The topological polar surface area (TPSA) is 101 Å². The zero-order valence-corrected chi connectivity index (χ0v) is 14.7. The van der Waals surface area contributed by atoms with Gasteiger partial charge in [0.05, 0.1) is 18.9 Å². The van der Waals surface area contributed by atoms with Gasteiger partial charge in [-0.2, -0.15) is 0 Å². The molecule has 3 heterocycles. The average Bonchev–Trinajstić information content (AvgIpc) is 2.64. The van der Waals surface area contributed by atoms with Crippen LogP contribution in [-0.4, -0.2) is 59.2 Å². The first-order valence-electron chi connectivity index (χ1n) is 8.26. The molecule has 0 unspecified atom stereocenters. The maximum absolute atomic E-state index is 6.17. The molecular weight excluding hydrogens is 342 g/mol. The summed E-state index contributed by atoms with van der Waals surface area (Å²) in [4.78, 5) is 14.8. The third kappa shape index (κ3) is 4.91. The van der Waals surface area contributed by atoms with Gasteiger partial charge in [0.15, 0.2) is 16.8 Å². The molecule has 25 heavy (non-hydrogen) atoms. The zero-order valence-electron chi connectivity index (χ0n) is 13.9. The molecule has 0 amide bonds. The Morgan fingerprint density at radius 1 is 1.20 bits per heavy atom. The maximum Gasteiger partial charge on any atom is 0.159 e. The molecule has 3 rings (SSSR count). The van der Waals surface area contributed by atoms with Crippen molar-refractivity contribution in [2.24, 2.45) is 0 Å². The summed E-state index contributed by atoms with van der Waals surface area (Å²) < 4.78 is 5.35. The minimum absolute atomic E-state index is 0.362. The van der Waals surface area contributed by atoms with Crippen LogP contribution in [0, 0.1) is 0 Å². The van der Waals surface area contributed by atoms with Gasteiger partial charge in [0.25, 0.3) is 0 Å². The number of halogens is 1. The lowest BCUT2D eigenvalue weighted by Gasteiger charge is -2.26. The van der Waals surface area contributed by atoms with Crippen LogP contribution in [0.5, 0.6) is 0 Å². The number of ether oxygens (including phenoxy) is 1. The fourth-order valence-corrected chi connectivity index (χ4v) is 2.74. The lowest BCUT2D eigenvalue weighted by Crippen LogP contribution is -2.37. The van der Waals surface area contributed by atoms with Crippen molar-refractivity contribution in [2.75, 3.05) is 55.8 Å². The van der Waals surface area contributed by atoms with Crippen LogP contribution < -0.4 is 16.4 Å². The molecule has 2 aromatic rings. The molecule has 9 heteroatoms. The maximum atomic E-state index is 6.17. The Hall–Kier alpha value is -2.16. The van der Waals surface area contributed by atoms with Gasteiger partial charge in [0.1, 0.15) is 12.0 Å². The quantitative estimate of drug-likeness (QED) is 0.507. The summed E-state index contributed by atoms with van der Waals surface area (Å²) in [6.45, 7) is 5.44. The highest BCUT2D eigenvalue weighted by atomic mass is 35.5. The predicted molar refractivity (Wildman–Crippen MR) is 99.3 cm³/mol. The zero-order chi connectivity index (χ0) is 17.5. The van der Waals surface area contributed by atoms with Crippen molar-refractivity contribution >= 4 is 34.6 Å². The normalized spacial score (nSPS) is 15.1. The van der Waals surface area contributed by atoms with Crippen molar-refractivity contribution in [2.45, 2.75) is 6.42 Å². The third-order valence-electron chi connectivity index (χ3n) is 3.94. The van der Waals surface area contributed by atoms with E-state index < -0.39 is 0 Å². The van der Waals surface area contributed by atoms with Gasteiger partial charge in [-0.3, -0.25) is 4.90 Å². The molecule has 0 saturated carbocycles. The summed E-state index contributed by atoms with van der Waals surface area (Å²) >= 11 is 6.06. The van der Waals surface area contributed by atoms with Gasteiger partial charge in [-0.25, -0.2) is 15.0 Å². The van der Waals surface area contributed by atoms with Crippen molar-refractivity contribution in [1.82, 2.24) is 19.9 Å². The summed E-state index contributed by atoms with van der Waals surface area (Å²) in [6, 6.07) is 3.60. The Morgan fingerprint density at radius 2 is 2.00 bits per heavy atom. The summed E-state index contributed by atoms with van der Waals surface area (Å²) in [5, 5.41) is 6.72. The monoisotopic (exact) mass is 363 g/mol. The molecule has 0 bridgehead atoms. The number of nitrogen functional groups attached to an aromatic ring is 1. The molecule has 0 aromatic carbocycles. The van der Waals surface area contributed by atoms with Crippen molar-refractivity contribution in [3.63, 3.8) is 0 Å². The Kier molecular flexibility index (Phi) is 6.21. The van der Waals surface area contributed by atoms with Gasteiger partial charge < -0.3 is 21.1 Å². The number of pyridine rings is 1. The molecule has 0 aliphatic carbocycles. The van der Waals surface area contributed by atoms with Crippen LogP contribution in [0.3, 0.4) is 0 Å². The van der Waals surface area contributed by atoms with E-state index in [4.69, 9.17) is 22.1 Å². The average molecular weight is 364 g/mol. The number of nitrogens with two attached hydrogens (primary N) is 1. The van der Waals surface area contributed by atoms with Crippen molar-refractivity contribution in [3.05, 3.63) is 29.8 Å². The highest BCUT2D eigenvalue weighted by Crippen LogP contribution is 2.28. The summed E-state index contributed by atoms with van der Waals surface area (Å²) in [7, 11) is 0. The van der Waals surface area contributed by atoms with Crippen molar-refractivity contribution in [3.8, 4) is 0 Å². The second kappa shape index (κ2) is 8.80. The number of anilines is 4. The summed E-state index contributed by atoms with van der Waals surface area (Å²) in [6.07, 6.45) is 4.09. The molecule has 8 nitrogen and oxygen atoms in total. The van der Waals surface area contributed by atoms with Crippen molar-refractivity contribution in [1.29, 1.82) is 0 Å². The lowest BCUT2D eigenvalue weighted by molar-refractivity contribution is 0.0378. The first kappa shape index (κ1) is 17.7. The first-order valence-corrected chi connectivity index (χ1v) is 8.64. The molecule has 4 N–H and O–H groups in total. The lowest BCUT2D eigenvalue weighted by atomic mass is 10.3. The van der Waals surface area contributed by atoms with Gasteiger partial charge in [0.2, 0.25) is 0 Å². The summed E-state index contributed by atoms with van der Waals surface area (Å²) in [5.41, 5.74) is 7.26. The second-order valence-electron chi connectivity index (χ2n) is 5.69. The number of nitrogens with one attached hydrogen (secondary N) is 2. The molecule has 1 fully saturated rings. The predicted octanol–water partition coefficient (Wildman–Crippen LogP) is 1.98. The van der Waals surface area contributed by atoms with E-state index in [2.05, 4.69) is 30.5 Å². The van der Waals surface area contributed by atoms with E-state index in [0.717, 1.165) is 45.8 Å². The highest BCUT2D eigenvalue weighted by molar-refractivity contribution is 6.32. The number of morpholine rings is 1. The fourth-order valence-electron chi connectivity index (χ4n) is 2.58. The number of nitrogens with zero attached hydrogens (tertiary/aromatic N) is 4. The summed E-state index contributed by atoms with van der Waals surface area (Å²) in [5.74, 6) is 1.11. The molecule has 134 valence electrons. The van der Waals surface area contributed by atoms with Crippen LogP contribution in [0.25, 0.3) is 0 Å². The number of aromatic nitrogens is 3. The van der Waals surface area contributed by atoms with Crippen molar-refractivity contribution < 1.29 is 4.74 Å². The Bertz CT molecular complexity index is 694. The molecule has 0 radical (unpaired) electrons. The Balaban J connectivity index is 1.54. The Morgan fingerprint density at radius 3 is 2.80 bits per heavy atom. The molecule has 1 saturated heterocycles. The van der Waals surface area contributed by atoms with Crippen LogP contribution in [-0.2, 0) is 4.74 Å². The van der Waals surface area contributed by atoms with E-state index in [0.29, 0.717) is 28.2 Å². The fraction of sp³-hybridized carbons (Fsp3) is 0.438. The highest BCUT2D eigenvalue weighted by Gasteiger charge is 2.11. The van der Waals surface area contributed by atoms with Gasteiger partial charge in [0, 0.05) is 25.8 Å². The van der Waals surface area contributed by atoms with Crippen LogP contribution in [0.15, 0.2) is 24.7 Å². The van der Waals surface area contributed by atoms with Gasteiger partial charge >= 0.3 is 0 Å². The van der Waals surface area contributed by atoms with E-state index in [1.54, 1.807) is 12.3 Å². The smallest absolute Gasteiger partial charge is 0.159 e. The Labute approximate surface area is 151 Å². The van der Waals surface area contributed by atoms with E-state index in [1.807, 2.05) is 6.07 Å².